The normalized spacial score (nSPS) is 12.2. The van der Waals surface area contributed by atoms with Crippen LogP contribution in [-0.2, 0) is 0 Å². The lowest BCUT2D eigenvalue weighted by atomic mass is 10.0. The molecule has 0 aliphatic rings. The minimum absolute atomic E-state index is 0.340. The summed E-state index contributed by atoms with van der Waals surface area (Å²) in [5.41, 5.74) is 4.91. The predicted molar refractivity (Wildman–Crippen MR) is 105 cm³/mol. The molecule has 0 radical (unpaired) electrons. The van der Waals surface area contributed by atoms with Crippen molar-refractivity contribution in [3.8, 4) is 11.3 Å². The fourth-order valence-electron chi connectivity index (χ4n) is 3.00. The maximum atomic E-state index is 4.43. The number of fused-ring (bicyclic) bond motifs is 1. The van der Waals surface area contributed by atoms with Crippen LogP contribution in [0.25, 0.3) is 16.9 Å². The summed E-state index contributed by atoms with van der Waals surface area (Å²) in [6.07, 6.45) is 9.98. The SMILES string of the molecule is Cc1ccc(-c2cc(NCCC(C)c3cnn4cccnc34)ncn2)cn1. The van der Waals surface area contributed by atoms with Gasteiger partial charge in [-0.25, -0.2) is 19.5 Å². The van der Waals surface area contributed by atoms with Gasteiger partial charge in [0.15, 0.2) is 5.65 Å². The van der Waals surface area contributed by atoms with E-state index in [1.165, 1.54) is 0 Å². The third-order valence-corrected chi connectivity index (χ3v) is 4.60. The van der Waals surface area contributed by atoms with Gasteiger partial charge in [-0.1, -0.05) is 6.92 Å². The topological polar surface area (TPSA) is 80.9 Å². The van der Waals surface area contributed by atoms with E-state index in [9.17, 15) is 0 Å². The molecule has 0 fully saturated rings. The zero-order valence-corrected chi connectivity index (χ0v) is 15.4. The highest BCUT2D eigenvalue weighted by Crippen LogP contribution is 2.23. The molecule has 4 rings (SSSR count). The summed E-state index contributed by atoms with van der Waals surface area (Å²) in [6, 6.07) is 7.84. The van der Waals surface area contributed by atoms with Crippen molar-refractivity contribution in [2.45, 2.75) is 26.2 Å². The molecule has 7 nitrogen and oxygen atoms in total. The van der Waals surface area contributed by atoms with E-state index in [1.54, 1.807) is 12.5 Å². The second-order valence-electron chi connectivity index (χ2n) is 6.58. The first-order valence-corrected chi connectivity index (χ1v) is 8.98. The van der Waals surface area contributed by atoms with Gasteiger partial charge in [-0.05, 0) is 37.5 Å². The zero-order valence-electron chi connectivity index (χ0n) is 15.4. The smallest absolute Gasteiger partial charge is 0.158 e. The Kier molecular flexibility index (Phi) is 4.74. The van der Waals surface area contributed by atoms with E-state index in [0.29, 0.717) is 5.92 Å². The largest absolute Gasteiger partial charge is 0.370 e. The van der Waals surface area contributed by atoms with Crippen molar-refractivity contribution < 1.29 is 0 Å². The van der Waals surface area contributed by atoms with Crippen LogP contribution in [0.15, 0.2) is 55.4 Å². The van der Waals surface area contributed by atoms with Gasteiger partial charge in [-0.2, -0.15) is 5.10 Å². The molecule has 0 bridgehead atoms. The van der Waals surface area contributed by atoms with E-state index in [0.717, 1.165) is 46.9 Å². The van der Waals surface area contributed by atoms with Crippen LogP contribution in [0.2, 0.25) is 0 Å². The fraction of sp³-hybridized carbons (Fsp3) is 0.250. The number of aromatic nitrogens is 6. The van der Waals surface area contributed by atoms with Crippen molar-refractivity contribution in [3.05, 3.63) is 66.6 Å². The Labute approximate surface area is 157 Å². The Morgan fingerprint density at radius 3 is 2.89 bits per heavy atom. The Bertz CT molecular complexity index is 1040. The first kappa shape index (κ1) is 17.1. The number of rotatable bonds is 6. The molecule has 0 spiro atoms. The third-order valence-electron chi connectivity index (χ3n) is 4.60. The van der Waals surface area contributed by atoms with E-state index in [1.807, 2.05) is 54.3 Å². The highest BCUT2D eigenvalue weighted by molar-refractivity contribution is 5.61. The van der Waals surface area contributed by atoms with Crippen LogP contribution in [0.4, 0.5) is 5.82 Å². The molecule has 4 heterocycles. The third kappa shape index (κ3) is 3.76. The summed E-state index contributed by atoms with van der Waals surface area (Å²) in [5.74, 6) is 1.15. The molecule has 0 saturated carbocycles. The number of hydrogen-bond donors (Lipinski definition) is 1. The number of pyridine rings is 1. The molecule has 7 heteroatoms. The second-order valence-corrected chi connectivity index (χ2v) is 6.58. The van der Waals surface area contributed by atoms with Gasteiger partial charge in [0.25, 0.3) is 0 Å². The average molecular weight is 359 g/mol. The second kappa shape index (κ2) is 7.49. The van der Waals surface area contributed by atoms with Crippen molar-refractivity contribution in [1.82, 2.24) is 29.5 Å². The lowest BCUT2D eigenvalue weighted by Gasteiger charge is -2.11. The molecule has 136 valence electrons. The van der Waals surface area contributed by atoms with Crippen LogP contribution in [0.5, 0.6) is 0 Å². The van der Waals surface area contributed by atoms with Crippen LogP contribution >= 0.6 is 0 Å². The molecule has 0 amide bonds. The summed E-state index contributed by atoms with van der Waals surface area (Å²) >= 11 is 0. The van der Waals surface area contributed by atoms with Crippen molar-refractivity contribution in [2.75, 3.05) is 11.9 Å². The summed E-state index contributed by atoms with van der Waals surface area (Å²) in [7, 11) is 0. The highest BCUT2D eigenvalue weighted by atomic mass is 15.2. The molecule has 0 aliphatic heterocycles. The number of nitrogens with one attached hydrogen (secondary N) is 1. The van der Waals surface area contributed by atoms with E-state index < -0.39 is 0 Å². The highest BCUT2D eigenvalue weighted by Gasteiger charge is 2.12. The van der Waals surface area contributed by atoms with Gasteiger partial charge in [-0.3, -0.25) is 4.98 Å². The number of nitrogens with zero attached hydrogens (tertiary/aromatic N) is 6. The number of anilines is 1. The van der Waals surface area contributed by atoms with E-state index >= 15 is 0 Å². The molecule has 1 N–H and O–H groups in total. The van der Waals surface area contributed by atoms with Gasteiger partial charge in [0.05, 0.1) is 11.9 Å². The molecule has 27 heavy (non-hydrogen) atoms. The van der Waals surface area contributed by atoms with E-state index in [2.05, 4.69) is 37.3 Å². The summed E-state index contributed by atoms with van der Waals surface area (Å²) in [6.45, 7) is 4.96. The van der Waals surface area contributed by atoms with Gasteiger partial charge < -0.3 is 5.32 Å². The Morgan fingerprint density at radius 1 is 1.11 bits per heavy atom. The lowest BCUT2D eigenvalue weighted by molar-refractivity contribution is 0.708. The first-order chi connectivity index (χ1) is 13.2. The maximum Gasteiger partial charge on any atom is 0.158 e. The van der Waals surface area contributed by atoms with Gasteiger partial charge >= 0.3 is 0 Å². The number of aryl methyl sites for hydroxylation is 1. The zero-order chi connectivity index (χ0) is 18.6. The van der Waals surface area contributed by atoms with Crippen LogP contribution < -0.4 is 5.32 Å². The quantitative estimate of drug-likeness (QED) is 0.567. The van der Waals surface area contributed by atoms with Gasteiger partial charge in [0.2, 0.25) is 0 Å². The monoisotopic (exact) mass is 359 g/mol. The predicted octanol–water partition coefficient (Wildman–Crippen LogP) is 3.50. The Balaban J connectivity index is 1.40. The van der Waals surface area contributed by atoms with Crippen LogP contribution in [0, 0.1) is 6.92 Å². The van der Waals surface area contributed by atoms with Gasteiger partial charge in [0.1, 0.15) is 12.1 Å². The van der Waals surface area contributed by atoms with Crippen LogP contribution in [0.1, 0.15) is 30.5 Å². The molecular formula is C20H21N7. The van der Waals surface area contributed by atoms with Gasteiger partial charge in [0, 0.05) is 48.0 Å². The van der Waals surface area contributed by atoms with Crippen LogP contribution in [0.3, 0.4) is 0 Å². The first-order valence-electron chi connectivity index (χ1n) is 8.98. The molecule has 1 atom stereocenters. The lowest BCUT2D eigenvalue weighted by Crippen LogP contribution is -2.07. The molecule has 0 aromatic carbocycles. The van der Waals surface area contributed by atoms with E-state index in [-0.39, 0.29) is 0 Å². The summed E-state index contributed by atoms with van der Waals surface area (Å²) in [5, 5.41) is 7.75. The van der Waals surface area contributed by atoms with Crippen molar-refractivity contribution in [1.29, 1.82) is 0 Å². The Hall–Kier alpha value is -3.35. The molecular weight excluding hydrogens is 338 g/mol. The number of hydrogen-bond acceptors (Lipinski definition) is 6. The molecule has 4 aromatic heterocycles. The minimum Gasteiger partial charge on any atom is -0.370 e. The van der Waals surface area contributed by atoms with Crippen molar-refractivity contribution in [2.24, 2.45) is 0 Å². The molecule has 1 unspecified atom stereocenters. The van der Waals surface area contributed by atoms with E-state index in [4.69, 9.17) is 0 Å². The van der Waals surface area contributed by atoms with Gasteiger partial charge in [-0.15, -0.1) is 0 Å². The van der Waals surface area contributed by atoms with Crippen molar-refractivity contribution in [3.63, 3.8) is 0 Å². The molecule has 4 aromatic rings. The minimum atomic E-state index is 0.340. The average Bonchev–Trinajstić information content (AvgIpc) is 3.13. The standard InChI is InChI=1S/C20H21N7/c1-14(17-12-26-27-9-3-7-22-20(17)27)6-8-21-19-10-18(24-13-25-19)16-5-4-15(2)23-11-16/h3-5,7,9-14H,6,8H2,1-2H3,(H,21,24,25). The van der Waals surface area contributed by atoms with Crippen molar-refractivity contribution >= 4 is 11.5 Å². The molecule has 0 aliphatic carbocycles. The summed E-state index contributed by atoms with van der Waals surface area (Å²) < 4.78 is 1.81. The molecule has 0 saturated heterocycles. The summed E-state index contributed by atoms with van der Waals surface area (Å²) in [4.78, 5) is 17.4. The Morgan fingerprint density at radius 2 is 2.04 bits per heavy atom. The maximum absolute atomic E-state index is 4.43. The van der Waals surface area contributed by atoms with Crippen LogP contribution in [-0.4, -0.2) is 36.1 Å². The fourth-order valence-corrected chi connectivity index (χ4v) is 3.00.